The van der Waals surface area contributed by atoms with E-state index in [1.165, 1.54) is 32.1 Å². The van der Waals surface area contributed by atoms with Crippen LogP contribution in [-0.4, -0.2) is 27.7 Å². The molecule has 1 aromatic heterocycles. The Balaban J connectivity index is 0.00000144. The Morgan fingerprint density at radius 3 is 2.82 bits per heavy atom. The van der Waals surface area contributed by atoms with Gasteiger partial charge in [-0.25, -0.2) is 4.98 Å². The second-order valence-corrected chi connectivity index (χ2v) is 4.67. The molecule has 1 aliphatic carbocycles. The Morgan fingerprint density at radius 2 is 2.18 bits per heavy atom. The maximum Gasteiger partial charge on any atom is 0.0922 e. The predicted octanol–water partition coefficient (Wildman–Crippen LogP) is 1.86. The molecule has 1 saturated carbocycles. The van der Waals surface area contributed by atoms with E-state index in [9.17, 15) is 5.11 Å². The third-order valence-corrected chi connectivity index (χ3v) is 3.42. The lowest BCUT2D eigenvalue weighted by Crippen LogP contribution is -2.33. The van der Waals surface area contributed by atoms with Gasteiger partial charge in [-0.05, 0) is 18.8 Å². The zero-order valence-electron chi connectivity index (χ0n) is 10.1. The molecule has 5 heteroatoms. The van der Waals surface area contributed by atoms with Gasteiger partial charge in [-0.1, -0.05) is 19.3 Å². The number of imidazole rings is 1. The van der Waals surface area contributed by atoms with Crippen LogP contribution in [0.2, 0.25) is 0 Å². The smallest absolute Gasteiger partial charge is 0.0922 e. The molecule has 0 radical (unpaired) electrons. The molecule has 1 fully saturated rings. The van der Waals surface area contributed by atoms with E-state index in [1.54, 1.807) is 12.5 Å². The number of aliphatic hydroxyl groups excluding tert-OH is 1. The van der Waals surface area contributed by atoms with Crippen LogP contribution in [0.5, 0.6) is 0 Å². The molecule has 1 heterocycles. The average Bonchev–Trinajstić information content (AvgIpc) is 2.83. The number of H-pyrrole nitrogens is 1. The first kappa shape index (κ1) is 14.5. The summed E-state index contributed by atoms with van der Waals surface area (Å²) in [5.41, 5.74) is 1.07. The minimum atomic E-state index is -0.191. The van der Waals surface area contributed by atoms with Gasteiger partial charge in [0.15, 0.2) is 0 Å². The van der Waals surface area contributed by atoms with Crippen molar-refractivity contribution in [1.82, 2.24) is 15.3 Å². The summed E-state index contributed by atoms with van der Waals surface area (Å²) in [6.45, 7) is 1.44. The molecule has 0 bridgehead atoms. The minimum Gasteiger partial charge on any atom is -0.392 e. The largest absolute Gasteiger partial charge is 0.392 e. The Hall–Kier alpha value is -0.580. The summed E-state index contributed by atoms with van der Waals surface area (Å²) in [7, 11) is 0. The number of nitrogens with one attached hydrogen (secondary N) is 2. The molecule has 1 atom stereocenters. The summed E-state index contributed by atoms with van der Waals surface area (Å²) in [5.74, 6) is 0.503. The van der Waals surface area contributed by atoms with Crippen LogP contribution in [0.4, 0.5) is 0 Å². The van der Waals surface area contributed by atoms with Gasteiger partial charge in [-0.2, -0.15) is 0 Å². The fraction of sp³-hybridized carbons (Fsp3) is 0.750. The number of hydrogen-bond donors (Lipinski definition) is 3. The number of nitrogens with zero attached hydrogens (tertiary/aromatic N) is 1. The number of halogens is 1. The van der Waals surface area contributed by atoms with Crippen molar-refractivity contribution in [3.8, 4) is 0 Å². The minimum absolute atomic E-state index is 0. The molecule has 2 rings (SSSR count). The molecule has 0 aliphatic heterocycles. The molecule has 4 nitrogen and oxygen atoms in total. The van der Waals surface area contributed by atoms with Gasteiger partial charge in [0.2, 0.25) is 0 Å². The van der Waals surface area contributed by atoms with Crippen molar-refractivity contribution in [1.29, 1.82) is 0 Å². The van der Waals surface area contributed by atoms with E-state index in [1.807, 2.05) is 0 Å². The highest BCUT2D eigenvalue weighted by molar-refractivity contribution is 5.85. The summed E-state index contributed by atoms with van der Waals surface area (Å²) in [5, 5.41) is 13.3. The van der Waals surface area contributed by atoms with Crippen LogP contribution >= 0.6 is 12.4 Å². The molecule has 3 N–H and O–H groups in total. The first-order chi connectivity index (χ1) is 7.86. The summed E-state index contributed by atoms with van der Waals surface area (Å²) in [4.78, 5) is 6.99. The molecule has 0 aromatic carbocycles. The van der Waals surface area contributed by atoms with Crippen LogP contribution in [0.25, 0.3) is 0 Å². The van der Waals surface area contributed by atoms with Gasteiger partial charge in [0.25, 0.3) is 0 Å². The summed E-state index contributed by atoms with van der Waals surface area (Å²) in [6.07, 6.45) is 9.56. The topological polar surface area (TPSA) is 60.9 Å². The van der Waals surface area contributed by atoms with E-state index < -0.39 is 0 Å². The highest BCUT2D eigenvalue weighted by Gasteiger charge is 2.20. The maximum absolute atomic E-state index is 10.0. The Morgan fingerprint density at radius 1 is 1.41 bits per heavy atom. The molecule has 98 valence electrons. The molecule has 1 aliphatic rings. The van der Waals surface area contributed by atoms with Crippen molar-refractivity contribution in [3.63, 3.8) is 0 Å². The summed E-state index contributed by atoms with van der Waals surface area (Å²) >= 11 is 0. The highest BCUT2D eigenvalue weighted by atomic mass is 35.5. The van der Waals surface area contributed by atoms with Gasteiger partial charge in [0.1, 0.15) is 0 Å². The van der Waals surface area contributed by atoms with Crippen molar-refractivity contribution in [2.24, 2.45) is 5.92 Å². The lowest BCUT2D eigenvalue weighted by atomic mass is 9.85. The first-order valence-corrected chi connectivity index (χ1v) is 6.22. The Bertz CT molecular complexity index is 286. The van der Waals surface area contributed by atoms with E-state index in [2.05, 4.69) is 15.3 Å². The molecule has 0 amide bonds. The molecule has 1 aromatic rings. The zero-order valence-corrected chi connectivity index (χ0v) is 10.9. The number of aromatic amines is 1. The quantitative estimate of drug-likeness (QED) is 0.757. The van der Waals surface area contributed by atoms with Crippen LogP contribution in [-0.2, 0) is 6.54 Å². The normalized spacial score (nSPS) is 18.6. The van der Waals surface area contributed by atoms with E-state index in [0.717, 1.165) is 12.2 Å². The average molecular weight is 260 g/mol. The van der Waals surface area contributed by atoms with Crippen LogP contribution < -0.4 is 5.32 Å². The zero-order chi connectivity index (χ0) is 11.2. The standard InChI is InChI=1S/C12H21N3O.ClH/c16-12(10-4-2-1-3-5-10)8-13-6-11-7-14-9-15-11;/h7,9-10,12-13,16H,1-6,8H2,(H,14,15);1H. The van der Waals surface area contributed by atoms with Crippen LogP contribution in [0.3, 0.4) is 0 Å². The second kappa shape index (κ2) is 7.69. The van der Waals surface area contributed by atoms with E-state index >= 15 is 0 Å². The first-order valence-electron chi connectivity index (χ1n) is 6.22. The van der Waals surface area contributed by atoms with Crippen LogP contribution in [0, 0.1) is 5.92 Å². The van der Waals surface area contributed by atoms with Crippen LogP contribution in [0.15, 0.2) is 12.5 Å². The van der Waals surface area contributed by atoms with Crippen molar-refractivity contribution < 1.29 is 5.11 Å². The third kappa shape index (κ3) is 4.66. The maximum atomic E-state index is 10.0. The van der Waals surface area contributed by atoms with Crippen molar-refractivity contribution in [2.45, 2.75) is 44.8 Å². The van der Waals surface area contributed by atoms with Crippen molar-refractivity contribution in [3.05, 3.63) is 18.2 Å². The highest BCUT2D eigenvalue weighted by Crippen LogP contribution is 2.26. The second-order valence-electron chi connectivity index (χ2n) is 4.67. The van der Waals surface area contributed by atoms with E-state index in [4.69, 9.17) is 0 Å². The lowest BCUT2D eigenvalue weighted by Gasteiger charge is -2.26. The van der Waals surface area contributed by atoms with Crippen molar-refractivity contribution >= 4 is 12.4 Å². The Labute approximate surface area is 109 Å². The molecular weight excluding hydrogens is 238 g/mol. The molecular formula is C12H22ClN3O. The fourth-order valence-electron chi connectivity index (χ4n) is 2.42. The molecule has 17 heavy (non-hydrogen) atoms. The monoisotopic (exact) mass is 259 g/mol. The van der Waals surface area contributed by atoms with Gasteiger partial charge in [0, 0.05) is 25.0 Å². The number of aromatic nitrogens is 2. The molecule has 1 unspecified atom stereocenters. The van der Waals surface area contributed by atoms with Gasteiger partial charge >= 0.3 is 0 Å². The summed E-state index contributed by atoms with van der Waals surface area (Å²) in [6, 6.07) is 0. The third-order valence-electron chi connectivity index (χ3n) is 3.42. The molecule has 0 spiro atoms. The van der Waals surface area contributed by atoms with Gasteiger partial charge in [-0.3, -0.25) is 0 Å². The van der Waals surface area contributed by atoms with Gasteiger partial charge in [0.05, 0.1) is 12.4 Å². The van der Waals surface area contributed by atoms with Gasteiger partial charge < -0.3 is 15.4 Å². The number of rotatable bonds is 5. The predicted molar refractivity (Wildman–Crippen MR) is 70.1 cm³/mol. The SMILES string of the molecule is Cl.OC(CNCc1cnc[nH]1)C1CCCCC1. The lowest BCUT2D eigenvalue weighted by molar-refractivity contribution is 0.0838. The fourth-order valence-corrected chi connectivity index (χ4v) is 2.42. The van der Waals surface area contributed by atoms with Crippen molar-refractivity contribution in [2.75, 3.05) is 6.54 Å². The van der Waals surface area contributed by atoms with E-state index in [0.29, 0.717) is 12.5 Å². The van der Waals surface area contributed by atoms with E-state index in [-0.39, 0.29) is 18.5 Å². The number of hydrogen-bond acceptors (Lipinski definition) is 3. The number of aliphatic hydroxyl groups is 1. The molecule has 0 saturated heterocycles. The van der Waals surface area contributed by atoms with Gasteiger partial charge in [-0.15, -0.1) is 12.4 Å². The Kier molecular flexibility index (Phi) is 6.55. The van der Waals surface area contributed by atoms with Crippen LogP contribution in [0.1, 0.15) is 37.8 Å². The summed E-state index contributed by atoms with van der Waals surface area (Å²) < 4.78 is 0.